The molecular formula is C15H19FN2O2. The molecule has 1 fully saturated rings. The number of halogens is 1. The Balaban J connectivity index is 2.04. The van der Waals surface area contributed by atoms with Gasteiger partial charge in [0, 0.05) is 13.0 Å². The fourth-order valence-electron chi connectivity index (χ4n) is 2.52. The molecule has 0 spiro atoms. The highest BCUT2D eigenvalue weighted by molar-refractivity contribution is 5.97. The van der Waals surface area contributed by atoms with Crippen LogP contribution in [-0.4, -0.2) is 24.4 Å². The molecule has 1 aromatic carbocycles. The Morgan fingerprint density at radius 2 is 1.95 bits per heavy atom. The summed E-state index contributed by atoms with van der Waals surface area (Å²) in [5.74, 6) is -1.09. The molecular weight excluding hydrogens is 259 g/mol. The molecule has 0 saturated heterocycles. The zero-order chi connectivity index (χ0) is 14.5. The van der Waals surface area contributed by atoms with E-state index in [1.165, 1.54) is 24.0 Å². The summed E-state index contributed by atoms with van der Waals surface area (Å²) in [6.45, 7) is 1.18. The molecule has 0 atom stereocenters. The van der Waals surface area contributed by atoms with Gasteiger partial charge in [0.05, 0.1) is 5.69 Å². The number of hydrogen-bond donors (Lipinski definition) is 1. The number of nitrogens with one attached hydrogen (secondary N) is 1. The first kappa shape index (κ1) is 14.5. The van der Waals surface area contributed by atoms with Crippen molar-refractivity contribution in [2.75, 3.05) is 11.4 Å². The predicted molar refractivity (Wildman–Crippen MR) is 74.8 cm³/mol. The van der Waals surface area contributed by atoms with E-state index in [1.807, 2.05) is 0 Å². The second-order valence-electron chi connectivity index (χ2n) is 5.11. The van der Waals surface area contributed by atoms with Crippen LogP contribution in [0.15, 0.2) is 24.3 Å². The molecule has 20 heavy (non-hydrogen) atoms. The monoisotopic (exact) mass is 278 g/mol. The van der Waals surface area contributed by atoms with Crippen LogP contribution >= 0.6 is 0 Å². The van der Waals surface area contributed by atoms with E-state index in [0.717, 1.165) is 25.7 Å². The Morgan fingerprint density at radius 1 is 1.30 bits per heavy atom. The Kier molecular flexibility index (Phi) is 4.71. The van der Waals surface area contributed by atoms with Crippen molar-refractivity contribution in [1.82, 2.24) is 5.32 Å². The van der Waals surface area contributed by atoms with Crippen LogP contribution in [0.5, 0.6) is 0 Å². The number of anilines is 1. The van der Waals surface area contributed by atoms with Gasteiger partial charge in [-0.2, -0.15) is 0 Å². The highest BCUT2D eigenvalue weighted by Crippen LogP contribution is 2.20. The van der Waals surface area contributed by atoms with Gasteiger partial charge in [0.2, 0.25) is 11.8 Å². The van der Waals surface area contributed by atoms with Crippen LogP contribution in [0.3, 0.4) is 0 Å². The second kappa shape index (κ2) is 6.50. The summed E-state index contributed by atoms with van der Waals surface area (Å²) in [5.41, 5.74) is 0.140. The quantitative estimate of drug-likeness (QED) is 0.918. The van der Waals surface area contributed by atoms with Crippen molar-refractivity contribution in [3.8, 4) is 0 Å². The molecule has 1 aliphatic carbocycles. The van der Waals surface area contributed by atoms with Crippen molar-refractivity contribution in [3.63, 3.8) is 0 Å². The lowest BCUT2D eigenvalue weighted by Gasteiger charge is -2.22. The maximum absolute atomic E-state index is 13.7. The third-order valence-corrected chi connectivity index (χ3v) is 3.55. The average Bonchev–Trinajstić information content (AvgIpc) is 2.89. The van der Waals surface area contributed by atoms with E-state index in [4.69, 9.17) is 0 Å². The molecule has 1 saturated carbocycles. The van der Waals surface area contributed by atoms with E-state index in [9.17, 15) is 14.0 Å². The lowest BCUT2D eigenvalue weighted by molar-refractivity contribution is -0.123. The molecule has 5 heteroatoms. The molecule has 108 valence electrons. The van der Waals surface area contributed by atoms with Gasteiger partial charge in [-0.05, 0) is 25.0 Å². The minimum Gasteiger partial charge on any atom is -0.352 e. The van der Waals surface area contributed by atoms with E-state index in [1.54, 1.807) is 12.1 Å². The summed E-state index contributed by atoms with van der Waals surface area (Å²) in [5, 5.41) is 2.90. The first-order valence-corrected chi connectivity index (χ1v) is 6.90. The van der Waals surface area contributed by atoms with Crippen molar-refractivity contribution < 1.29 is 14.0 Å². The summed E-state index contributed by atoms with van der Waals surface area (Å²) in [6.07, 6.45) is 4.19. The Hall–Kier alpha value is -1.91. The lowest BCUT2D eigenvalue weighted by Crippen LogP contribution is -2.43. The molecule has 0 radical (unpaired) electrons. The van der Waals surface area contributed by atoms with Gasteiger partial charge < -0.3 is 10.2 Å². The summed E-state index contributed by atoms with van der Waals surface area (Å²) in [4.78, 5) is 24.8. The molecule has 0 bridgehead atoms. The van der Waals surface area contributed by atoms with Crippen molar-refractivity contribution >= 4 is 17.5 Å². The van der Waals surface area contributed by atoms with E-state index in [2.05, 4.69) is 5.32 Å². The molecule has 1 aliphatic rings. The van der Waals surface area contributed by atoms with Gasteiger partial charge in [-0.25, -0.2) is 4.39 Å². The molecule has 2 amide bonds. The molecule has 1 N–H and O–H groups in total. The van der Waals surface area contributed by atoms with Gasteiger partial charge in [-0.3, -0.25) is 9.59 Å². The number of hydrogen-bond acceptors (Lipinski definition) is 2. The van der Waals surface area contributed by atoms with E-state index in [0.29, 0.717) is 0 Å². The molecule has 2 rings (SSSR count). The molecule has 0 aliphatic heterocycles. The average molecular weight is 278 g/mol. The molecule has 0 unspecified atom stereocenters. The lowest BCUT2D eigenvalue weighted by atomic mass is 10.2. The number of benzene rings is 1. The Morgan fingerprint density at radius 3 is 2.55 bits per heavy atom. The number of para-hydroxylation sites is 1. The van der Waals surface area contributed by atoms with Gasteiger partial charge in [0.1, 0.15) is 12.4 Å². The van der Waals surface area contributed by atoms with Crippen LogP contribution in [0.25, 0.3) is 0 Å². The smallest absolute Gasteiger partial charge is 0.240 e. The second-order valence-corrected chi connectivity index (χ2v) is 5.11. The first-order chi connectivity index (χ1) is 9.58. The minimum atomic E-state index is -0.503. The first-order valence-electron chi connectivity index (χ1n) is 6.90. The minimum absolute atomic E-state index is 0.140. The van der Waals surface area contributed by atoms with Crippen molar-refractivity contribution in [1.29, 1.82) is 0 Å². The summed E-state index contributed by atoms with van der Waals surface area (Å²) >= 11 is 0. The maximum atomic E-state index is 13.7. The fourth-order valence-corrected chi connectivity index (χ4v) is 2.52. The number of rotatable bonds is 4. The van der Waals surface area contributed by atoms with Crippen molar-refractivity contribution in [3.05, 3.63) is 30.1 Å². The topological polar surface area (TPSA) is 49.4 Å². The zero-order valence-electron chi connectivity index (χ0n) is 11.6. The number of nitrogens with zero attached hydrogens (tertiary/aromatic N) is 1. The van der Waals surface area contributed by atoms with E-state index >= 15 is 0 Å². The molecule has 0 heterocycles. The predicted octanol–water partition coefficient (Wildman–Crippen LogP) is 2.24. The maximum Gasteiger partial charge on any atom is 0.240 e. The Labute approximate surface area is 118 Å². The van der Waals surface area contributed by atoms with Gasteiger partial charge in [0.25, 0.3) is 0 Å². The molecule has 1 aromatic rings. The van der Waals surface area contributed by atoms with Crippen LogP contribution in [0, 0.1) is 5.82 Å². The standard InChI is InChI=1S/C15H19FN2O2/c1-11(19)18(14-9-5-4-8-13(14)16)10-15(20)17-12-6-2-3-7-12/h4-5,8-9,12H,2-3,6-7,10H2,1H3,(H,17,20). The van der Waals surface area contributed by atoms with Gasteiger partial charge in [-0.15, -0.1) is 0 Å². The van der Waals surface area contributed by atoms with Crippen LogP contribution in [0.4, 0.5) is 10.1 Å². The van der Waals surface area contributed by atoms with Crippen LogP contribution in [-0.2, 0) is 9.59 Å². The summed E-state index contributed by atoms with van der Waals surface area (Å²) in [6, 6.07) is 6.16. The normalized spacial score (nSPS) is 15.1. The number of carbonyl (C=O) groups is 2. The van der Waals surface area contributed by atoms with Crippen molar-refractivity contribution in [2.45, 2.75) is 38.6 Å². The largest absolute Gasteiger partial charge is 0.352 e. The van der Waals surface area contributed by atoms with Gasteiger partial charge in [-0.1, -0.05) is 25.0 Å². The number of carbonyl (C=O) groups excluding carboxylic acids is 2. The third kappa shape index (κ3) is 3.56. The highest BCUT2D eigenvalue weighted by Gasteiger charge is 2.22. The third-order valence-electron chi connectivity index (χ3n) is 3.55. The van der Waals surface area contributed by atoms with Gasteiger partial charge >= 0.3 is 0 Å². The number of amides is 2. The molecule has 0 aromatic heterocycles. The summed E-state index contributed by atoms with van der Waals surface area (Å²) in [7, 11) is 0. The van der Waals surface area contributed by atoms with Gasteiger partial charge in [0.15, 0.2) is 0 Å². The Bertz CT molecular complexity index is 498. The van der Waals surface area contributed by atoms with Crippen LogP contribution < -0.4 is 10.2 Å². The molecule has 4 nitrogen and oxygen atoms in total. The SMILES string of the molecule is CC(=O)N(CC(=O)NC1CCCC1)c1ccccc1F. The van der Waals surface area contributed by atoms with Crippen LogP contribution in [0.1, 0.15) is 32.6 Å². The zero-order valence-corrected chi connectivity index (χ0v) is 11.6. The van der Waals surface area contributed by atoms with Crippen molar-refractivity contribution in [2.24, 2.45) is 0 Å². The fraction of sp³-hybridized carbons (Fsp3) is 0.467. The van der Waals surface area contributed by atoms with E-state index < -0.39 is 5.82 Å². The summed E-state index contributed by atoms with van der Waals surface area (Å²) < 4.78 is 13.7. The van der Waals surface area contributed by atoms with E-state index in [-0.39, 0.29) is 30.1 Å². The highest BCUT2D eigenvalue weighted by atomic mass is 19.1. The van der Waals surface area contributed by atoms with Crippen LogP contribution in [0.2, 0.25) is 0 Å².